The van der Waals surface area contributed by atoms with E-state index in [1.54, 1.807) is 5.30 Å². The Bertz CT molecular complexity index is 1180. The molecule has 0 fully saturated rings. The zero-order chi connectivity index (χ0) is 28.4. The van der Waals surface area contributed by atoms with E-state index in [0.29, 0.717) is 10.3 Å². The summed E-state index contributed by atoms with van der Waals surface area (Å²) < 4.78 is 109. The Morgan fingerprint density at radius 2 is 0.973 bits per heavy atom. The van der Waals surface area contributed by atoms with Gasteiger partial charge >= 0.3 is 33.4 Å². The third kappa shape index (κ3) is 9.94. The molecule has 2 aromatic rings. The Kier molecular flexibility index (Phi) is 12.2. The molecule has 2 rings (SSSR count). The minimum absolute atomic E-state index is 0. The maximum Gasteiger partial charge on any atom is 1.00 e. The summed E-state index contributed by atoms with van der Waals surface area (Å²) in [7, 11) is -14.2. The van der Waals surface area contributed by atoms with Crippen LogP contribution in [-0.2, 0) is 42.4 Å². The predicted molar refractivity (Wildman–Crippen MR) is 133 cm³/mol. The quantitative estimate of drug-likeness (QED) is 0.194. The SMILES string of the molecule is CC(C)(C)[PH+](c1ccccc1-c1ccccc1)C(C)(C)C.O=S(=O)([N-]S(=O)(=O)C(F)(F)F)C(F)(F)F.[Au+]. The summed E-state index contributed by atoms with van der Waals surface area (Å²) in [5.41, 5.74) is -9.66. The Hall–Kier alpha value is -0.950. The summed E-state index contributed by atoms with van der Waals surface area (Å²) >= 11 is 0. The molecule has 0 aliphatic rings. The third-order valence-corrected chi connectivity index (χ3v) is 11.3. The van der Waals surface area contributed by atoms with E-state index in [0.717, 1.165) is 4.13 Å². The maximum absolute atomic E-state index is 11.4. The molecular weight excluding hydrogens is 748 g/mol. The first-order valence-electron chi connectivity index (χ1n) is 10.3. The molecule has 0 spiro atoms. The van der Waals surface area contributed by atoms with E-state index in [9.17, 15) is 43.2 Å². The molecule has 0 aromatic heterocycles. The van der Waals surface area contributed by atoms with Crippen LogP contribution in [0.3, 0.4) is 0 Å². The van der Waals surface area contributed by atoms with Crippen molar-refractivity contribution in [3.8, 4) is 11.1 Å². The molecule has 2 aromatic carbocycles. The summed E-state index contributed by atoms with van der Waals surface area (Å²) in [4.78, 5) is 0. The summed E-state index contributed by atoms with van der Waals surface area (Å²) in [5.74, 6) is 0. The van der Waals surface area contributed by atoms with Gasteiger partial charge in [-0.25, -0.2) is 16.8 Å². The largest absolute Gasteiger partial charge is 1.00 e. The topological polar surface area (TPSA) is 82.4 Å². The van der Waals surface area contributed by atoms with Crippen LogP contribution in [0.4, 0.5) is 26.3 Å². The molecule has 0 unspecified atom stereocenters. The maximum atomic E-state index is 11.4. The van der Waals surface area contributed by atoms with E-state index < -0.39 is 39.0 Å². The number of sulfonamides is 2. The first-order chi connectivity index (χ1) is 15.9. The van der Waals surface area contributed by atoms with E-state index in [1.807, 2.05) is 0 Å². The van der Waals surface area contributed by atoms with Crippen LogP contribution in [0.2, 0.25) is 0 Å². The van der Waals surface area contributed by atoms with Crippen LogP contribution in [0, 0.1) is 0 Å². The second-order valence-corrected chi connectivity index (χ2v) is 17.4. The molecule has 0 radical (unpaired) electrons. The average Bonchev–Trinajstić information content (AvgIpc) is 2.65. The normalized spacial score (nSPS) is 13.4. The van der Waals surface area contributed by atoms with E-state index in [1.165, 1.54) is 11.1 Å². The number of benzene rings is 2. The molecule has 37 heavy (non-hydrogen) atoms. The zero-order valence-electron chi connectivity index (χ0n) is 20.7. The fourth-order valence-corrected chi connectivity index (χ4v) is 10.1. The second-order valence-electron chi connectivity index (χ2n) is 9.70. The van der Waals surface area contributed by atoms with Crippen molar-refractivity contribution < 1.29 is 65.6 Å². The van der Waals surface area contributed by atoms with Crippen molar-refractivity contribution in [2.24, 2.45) is 0 Å². The van der Waals surface area contributed by atoms with E-state index in [2.05, 4.69) is 96.1 Å². The van der Waals surface area contributed by atoms with Crippen molar-refractivity contribution in [3.63, 3.8) is 0 Å². The molecule has 15 heteroatoms. The van der Waals surface area contributed by atoms with E-state index in [4.69, 9.17) is 0 Å². The van der Waals surface area contributed by atoms with Gasteiger partial charge in [-0.05, 0) is 53.2 Å². The summed E-state index contributed by atoms with van der Waals surface area (Å²) in [6.45, 7) is 14.4. The second kappa shape index (κ2) is 12.5. The number of halogens is 6. The van der Waals surface area contributed by atoms with Crippen molar-refractivity contribution in [1.82, 2.24) is 0 Å². The molecule has 5 nitrogen and oxygen atoms in total. The first kappa shape index (κ1) is 36.1. The number of alkyl halides is 6. The third-order valence-electron chi connectivity index (χ3n) is 4.56. The molecule has 0 bridgehead atoms. The zero-order valence-corrected chi connectivity index (χ0v) is 25.5. The van der Waals surface area contributed by atoms with Crippen LogP contribution >= 0.6 is 7.92 Å². The fourth-order valence-electron chi connectivity index (χ4n) is 3.72. The molecule has 0 saturated carbocycles. The Labute approximate surface area is 230 Å². The monoisotopic (exact) mass is 776 g/mol. The standard InChI is InChI=1S/C20H27P.C2F6NO4S2.Au/c1-19(2,3)21(20(4,5)6)18-15-11-10-14-17(18)16-12-8-7-9-13-16;3-1(4,5)14(10,11)9-15(12,13)2(6,7)8;/h7-15H,1-6H3;;/q;-1;+1/p+1. The number of hydrogen-bond acceptors (Lipinski definition) is 4. The fraction of sp³-hybridized carbons (Fsp3) is 0.455. The Morgan fingerprint density at radius 3 is 1.32 bits per heavy atom. The van der Waals surface area contributed by atoms with Gasteiger partial charge < -0.3 is 4.13 Å². The molecule has 0 amide bonds. The Morgan fingerprint density at radius 1 is 0.622 bits per heavy atom. The van der Waals surface area contributed by atoms with Crippen molar-refractivity contribution in [3.05, 3.63) is 58.7 Å². The van der Waals surface area contributed by atoms with Crippen LogP contribution in [0.15, 0.2) is 54.6 Å². The van der Waals surface area contributed by atoms with Crippen LogP contribution in [0.5, 0.6) is 0 Å². The minimum Gasteiger partial charge on any atom is -0.421 e. The van der Waals surface area contributed by atoms with Gasteiger partial charge in [-0.15, -0.1) is 0 Å². The number of hydrogen-bond donors (Lipinski definition) is 0. The van der Waals surface area contributed by atoms with Crippen molar-refractivity contribution in [1.29, 1.82) is 0 Å². The van der Waals surface area contributed by atoms with Crippen molar-refractivity contribution in [2.75, 3.05) is 0 Å². The molecule has 0 saturated heterocycles. The summed E-state index contributed by atoms with van der Waals surface area (Å²) in [6, 6.07) is 19.8. The van der Waals surface area contributed by atoms with Gasteiger partial charge in [0.1, 0.15) is 5.30 Å². The Balaban J connectivity index is 0.000000724. The molecule has 0 aliphatic heterocycles. The van der Waals surface area contributed by atoms with Gasteiger partial charge in [0.25, 0.3) is 0 Å². The van der Waals surface area contributed by atoms with Gasteiger partial charge in [-0.1, -0.05) is 48.5 Å². The van der Waals surface area contributed by atoms with Gasteiger partial charge in [0.05, 0.1) is 10.3 Å². The summed E-state index contributed by atoms with van der Waals surface area (Å²) in [6.07, 6.45) is 0. The minimum atomic E-state index is -6.72. The van der Waals surface area contributed by atoms with Gasteiger partial charge in [0.15, 0.2) is 20.0 Å². The first-order valence-corrected chi connectivity index (χ1v) is 14.7. The molecule has 214 valence electrons. The van der Waals surface area contributed by atoms with E-state index >= 15 is 0 Å². The number of rotatable bonds is 4. The van der Waals surface area contributed by atoms with Crippen molar-refractivity contribution in [2.45, 2.75) is 62.9 Å². The van der Waals surface area contributed by atoms with Crippen molar-refractivity contribution >= 4 is 33.3 Å². The molecule has 0 heterocycles. The van der Waals surface area contributed by atoms with Crippen LogP contribution in [0.25, 0.3) is 15.3 Å². The molecule has 0 aliphatic carbocycles. The van der Waals surface area contributed by atoms with E-state index in [-0.39, 0.29) is 22.4 Å². The van der Waals surface area contributed by atoms with Gasteiger partial charge in [0, 0.05) is 13.5 Å². The number of nitrogens with zero attached hydrogens (tertiary/aromatic N) is 1. The predicted octanol–water partition coefficient (Wildman–Crippen LogP) is 6.85. The smallest absolute Gasteiger partial charge is 0.421 e. The van der Waals surface area contributed by atoms with Gasteiger partial charge in [-0.2, -0.15) is 26.3 Å². The molecular formula is C22H28AuF6NO4PS2+. The van der Waals surface area contributed by atoms with Crippen LogP contribution in [-0.4, -0.2) is 38.2 Å². The molecule has 0 atom stereocenters. The van der Waals surface area contributed by atoms with Gasteiger partial charge in [-0.3, -0.25) is 0 Å². The average molecular weight is 777 g/mol. The van der Waals surface area contributed by atoms with Crippen LogP contribution < -0.4 is 5.30 Å². The van der Waals surface area contributed by atoms with Crippen LogP contribution in [0.1, 0.15) is 41.5 Å². The molecule has 0 N–H and O–H groups in total. The summed E-state index contributed by atoms with van der Waals surface area (Å²) in [5, 5.41) is 2.22. The van der Waals surface area contributed by atoms with Gasteiger partial charge in [0.2, 0.25) is 0 Å².